The van der Waals surface area contributed by atoms with Crippen LogP contribution in [0.5, 0.6) is 0 Å². The van der Waals surface area contributed by atoms with E-state index in [9.17, 15) is 14.3 Å². The van der Waals surface area contributed by atoms with Gasteiger partial charge in [-0.3, -0.25) is 0 Å². The third-order valence-corrected chi connectivity index (χ3v) is 5.81. The molecule has 2 amide bonds. The second-order valence-corrected chi connectivity index (χ2v) is 7.62. The maximum Gasteiger partial charge on any atom is 0.321 e. The van der Waals surface area contributed by atoms with Gasteiger partial charge in [-0.1, -0.05) is 24.3 Å². The summed E-state index contributed by atoms with van der Waals surface area (Å²) < 4.78 is 13.0. The molecule has 4 nitrogen and oxygen atoms in total. The zero-order valence-electron chi connectivity index (χ0n) is 14.8. The Bertz CT molecular complexity index is 807. The van der Waals surface area contributed by atoms with Crippen molar-refractivity contribution in [2.24, 2.45) is 11.8 Å². The van der Waals surface area contributed by atoms with E-state index in [2.05, 4.69) is 5.32 Å². The molecule has 0 spiro atoms. The number of anilines is 1. The van der Waals surface area contributed by atoms with Gasteiger partial charge in [0.25, 0.3) is 0 Å². The van der Waals surface area contributed by atoms with Crippen LogP contribution < -0.4 is 5.32 Å². The van der Waals surface area contributed by atoms with Crippen LogP contribution in [0.25, 0.3) is 0 Å². The van der Waals surface area contributed by atoms with Crippen molar-refractivity contribution in [2.45, 2.75) is 25.4 Å². The second kappa shape index (κ2) is 6.40. The summed E-state index contributed by atoms with van der Waals surface area (Å²) in [7, 11) is 0. The van der Waals surface area contributed by atoms with E-state index in [4.69, 9.17) is 0 Å². The zero-order valence-corrected chi connectivity index (χ0v) is 14.8. The molecular weight excluding hydrogens is 331 g/mol. The minimum Gasteiger partial charge on any atom is -0.385 e. The standard InChI is InChI=1S/C21H23FN2O2/c1-14-4-2-3-5-19(14)21(26)10-15-12-24(13-16(15)11-21)20(25)23-18-8-6-17(22)7-9-18/h2-9,15-16,26H,10-13H2,1H3,(H,23,25). The molecule has 0 aromatic heterocycles. The highest BCUT2D eigenvalue weighted by molar-refractivity contribution is 5.89. The number of fused-ring (bicyclic) bond motifs is 1. The average molecular weight is 354 g/mol. The van der Waals surface area contributed by atoms with Crippen molar-refractivity contribution in [2.75, 3.05) is 18.4 Å². The van der Waals surface area contributed by atoms with Gasteiger partial charge in [0.15, 0.2) is 0 Å². The number of aliphatic hydroxyl groups is 1. The Hall–Kier alpha value is -2.40. The first kappa shape index (κ1) is 17.0. The van der Waals surface area contributed by atoms with Crippen LogP contribution in [0, 0.1) is 24.6 Å². The van der Waals surface area contributed by atoms with Gasteiger partial charge in [-0.15, -0.1) is 0 Å². The molecule has 136 valence electrons. The van der Waals surface area contributed by atoms with Crippen LogP contribution in [0.15, 0.2) is 48.5 Å². The fourth-order valence-electron chi connectivity index (χ4n) is 4.57. The lowest BCUT2D eigenvalue weighted by atomic mass is 9.87. The molecule has 0 bridgehead atoms. The van der Waals surface area contributed by atoms with E-state index in [-0.39, 0.29) is 11.8 Å². The molecule has 1 aliphatic carbocycles. The first-order valence-corrected chi connectivity index (χ1v) is 9.04. The highest BCUT2D eigenvalue weighted by Gasteiger charge is 2.50. The summed E-state index contributed by atoms with van der Waals surface area (Å²) in [5.74, 6) is 0.284. The van der Waals surface area contributed by atoms with Crippen molar-refractivity contribution in [3.8, 4) is 0 Å². The van der Waals surface area contributed by atoms with Gasteiger partial charge >= 0.3 is 6.03 Å². The van der Waals surface area contributed by atoms with Crippen LogP contribution in [-0.2, 0) is 5.60 Å². The van der Waals surface area contributed by atoms with Gasteiger partial charge in [0, 0.05) is 18.8 Å². The number of nitrogens with zero attached hydrogens (tertiary/aromatic N) is 1. The van der Waals surface area contributed by atoms with E-state index in [0.717, 1.165) is 11.1 Å². The number of carbonyl (C=O) groups is 1. The average Bonchev–Trinajstić information content (AvgIpc) is 3.13. The van der Waals surface area contributed by atoms with Crippen molar-refractivity contribution in [3.05, 3.63) is 65.5 Å². The summed E-state index contributed by atoms with van der Waals surface area (Å²) in [5, 5.41) is 14.0. The molecule has 1 aliphatic heterocycles. The molecule has 26 heavy (non-hydrogen) atoms. The van der Waals surface area contributed by atoms with Crippen molar-refractivity contribution in [3.63, 3.8) is 0 Å². The number of amides is 2. The fraction of sp³-hybridized carbons (Fsp3) is 0.381. The summed E-state index contributed by atoms with van der Waals surface area (Å²) in [6.45, 7) is 3.32. The van der Waals surface area contributed by atoms with E-state index >= 15 is 0 Å². The Morgan fingerprint density at radius 1 is 1.12 bits per heavy atom. The van der Waals surface area contributed by atoms with Gasteiger partial charge < -0.3 is 15.3 Å². The quantitative estimate of drug-likeness (QED) is 0.859. The second-order valence-electron chi connectivity index (χ2n) is 7.62. The molecule has 4 rings (SSSR count). The van der Waals surface area contributed by atoms with Crippen LogP contribution >= 0.6 is 0 Å². The summed E-state index contributed by atoms with van der Waals surface area (Å²) in [6.07, 6.45) is 1.37. The number of urea groups is 1. The molecule has 5 heteroatoms. The Kier molecular flexibility index (Phi) is 4.19. The minimum absolute atomic E-state index is 0.162. The number of hydrogen-bond donors (Lipinski definition) is 2. The number of halogens is 1. The molecular formula is C21H23FN2O2. The molecule has 2 aliphatic rings. The van der Waals surface area contributed by atoms with E-state index in [1.165, 1.54) is 12.1 Å². The molecule has 1 saturated heterocycles. The molecule has 2 aromatic rings. The molecule has 2 N–H and O–H groups in total. The van der Waals surface area contributed by atoms with Gasteiger partial charge in [-0.25, -0.2) is 9.18 Å². The van der Waals surface area contributed by atoms with E-state index in [0.29, 0.717) is 43.5 Å². The van der Waals surface area contributed by atoms with E-state index in [1.807, 2.05) is 31.2 Å². The molecule has 2 unspecified atom stereocenters. The first-order chi connectivity index (χ1) is 12.4. The smallest absolute Gasteiger partial charge is 0.321 e. The van der Waals surface area contributed by atoms with Crippen LogP contribution in [0.2, 0.25) is 0 Å². The molecule has 2 atom stereocenters. The molecule has 1 saturated carbocycles. The maximum absolute atomic E-state index is 13.0. The summed E-state index contributed by atoms with van der Waals surface area (Å²) >= 11 is 0. The number of benzene rings is 2. The normalized spacial score (nSPS) is 27.4. The number of rotatable bonds is 2. The monoisotopic (exact) mass is 354 g/mol. The van der Waals surface area contributed by atoms with E-state index in [1.54, 1.807) is 17.0 Å². The van der Waals surface area contributed by atoms with Gasteiger partial charge in [-0.05, 0) is 67.0 Å². The molecule has 1 heterocycles. The third kappa shape index (κ3) is 3.07. The predicted molar refractivity (Wildman–Crippen MR) is 98.3 cm³/mol. The lowest BCUT2D eigenvalue weighted by molar-refractivity contribution is 0.0322. The van der Waals surface area contributed by atoms with Gasteiger partial charge in [0.2, 0.25) is 0 Å². The predicted octanol–water partition coefficient (Wildman–Crippen LogP) is 3.90. The van der Waals surface area contributed by atoms with Crippen molar-refractivity contribution < 1.29 is 14.3 Å². The Balaban J connectivity index is 1.41. The van der Waals surface area contributed by atoms with Crippen LogP contribution in [0.3, 0.4) is 0 Å². The number of hydrogen-bond acceptors (Lipinski definition) is 2. The number of carbonyl (C=O) groups excluding carboxylic acids is 1. The van der Waals surface area contributed by atoms with Crippen LogP contribution in [0.1, 0.15) is 24.0 Å². The van der Waals surface area contributed by atoms with E-state index < -0.39 is 5.60 Å². The lowest BCUT2D eigenvalue weighted by Gasteiger charge is -2.28. The molecule has 0 radical (unpaired) electrons. The maximum atomic E-state index is 13.0. The Morgan fingerprint density at radius 2 is 1.73 bits per heavy atom. The van der Waals surface area contributed by atoms with Crippen molar-refractivity contribution in [1.29, 1.82) is 0 Å². The van der Waals surface area contributed by atoms with Crippen LogP contribution in [-0.4, -0.2) is 29.1 Å². The lowest BCUT2D eigenvalue weighted by Crippen LogP contribution is -2.35. The van der Waals surface area contributed by atoms with Gasteiger partial charge in [0.05, 0.1) is 5.60 Å². The van der Waals surface area contributed by atoms with Gasteiger partial charge in [0.1, 0.15) is 5.82 Å². The van der Waals surface area contributed by atoms with Crippen molar-refractivity contribution in [1.82, 2.24) is 4.90 Å². The van der Waals surface area contributed by atoms with Gasteiger partial charge in [-0.2, -0.15) is 0 Å². The number of nitrogens with one attached hydrogen (secondary N) is 1. The largest absolute Gasteiger partial charge is 0.385 e. The first-order valence-electron chi connectivity index (χ1n) is 9.04. The summed E-state index contributed by atoms with van der Waals surface area (Å²) in [4.78, 5) is 14.3. The number of aryl methyl sites for hydroxylation is 1. The summed E-state index contributed by atoms with van der Waals surface area (Å²) in [6, 6.07) is 13.6. The highest BCUT2D eigenvalue weighted by Crippen LogP contribution is 2.49. The SMILES string of the molecule is Cc1ccccc1C1(O)CC2CN(C(=O)Nc3ccc(F)cc3)CC2C1. The van der Waals surface area contributed by atoms with Crippen LogP contribution in [0.4, 0.5) is 14.9 Å². The fourth-order valence-corrected chi connectivity index (χ4v) is 4.57. The number of likely N-dealkylation sites (tertiary alicyclic amines) is 1. The molecule has 2 aromatic carbocycles. The zero-order chi connectivity index (χ0) is 18.3. The minimum atomic E-state index is -0.791. The topological polar surface area (TPSA) is 52.6 Å². The molecule has 2 fully saturated rings. The third-order valence-electron chi connectivity index (χ3n) is 5.81. The summed E-state index contributed by atoms with van der Waals surface area (Å²) in [5.41, 5.74) is 1.92. The highest BCUT2D eigenvalue weighted by atomic mass is 19.1. The Morgan fingerprint density at radius 3 is 2.35 bits per heavy atom. The Labute approximate surface area is 152 Å². The van der Waals surface area contributed by atoms with Crippen molar-refractivity contribution >= 4 is 11.7 Å².